The van der Waals surface area contributed by atoms with E-state index >= 15 is 0 Å². The summed E-state index contributed by atoms with van der Waals surface area (Å²) in [5, 5.41) is 6.09. The van der Waals surface area contributed by atoms with Gasteiger partial charge in [0.2, 0.25) is 11.8 Å². The van der Waals surface area contributed by atoms with E-state index in [2.05, 4.69) is 39.6 Å². The SMILES string of the molecule is CCCOC1CN(c2ccc(Nc3cc(OC)ncc3NC(C)=O)cc2)C1. The first-order valence-corrected chi connectivity index (χ1v) is 9.14. The third-order valence-corrected chi connectivity index (χ3v) is 4.32. The van der Waals surface area contributed by atoms with Gasteiger partial charge in [-0.2, -0.15) is 0 Å². The van der Waals surface area contributed by atoms with Crippen molar-refractivity contribution >= 4 is 28.7 Å². The molecule has 1 aromatic heterocycles. The maximum Gasteiger partial charge on any atom is 0.221 e. The second-order valence-electron chi connectivity index (χ2n) is 6.52. The number of pyridine rings is 1. The quantitative estimate of drug-likeness (QED) is 0.742. The monoisotopic (exact) mass is 370 g/mol. The largest absolute Gasteiger partial charge is 0.481 e. The zero-order valence-electron chi connectivity index (χ0n) is 16.0. The Kier molecular flexibility index (Phi) is 6.13. The van der Waals surface area contributed by atoms with Gasteiger partial charge >= 0.3 is 0 Å². The topological polar surface area (TPSA) is 75.7 Å². The van der Waals surface area contributed by atoms with Gasteiger partial charge in [-0.1, -0.05) is 6.92 Å². The van der Waals surface area contributed by atoms with E-state index in [-0.39, 0.29) is 5.91 Å². The standard InChI is InChI=1S/C20H26N4O3/c1-4-9-27-17-12-24(13-17)16-7-5-15(6-8-16)23-18-10-20(26-3)21-11-19(18)22-14(2)25/h5-8,10-11,17H,4,9,12-13H2,1-3H3,(H,21,23)(H,22,25). The van der Waals surface area contributed by atoms with Gasteiger partial charge < -0.3 is 25.0 Å². The molecule has 7 heteroatoms. The second kappa shape index (κ2) is 8.73. The van der Waals surface area contributed by atoms with Crippen LogP contribution >= 0.6 is 0 Å². The Morgan fingerprint density at radius 2 is 2.00 bits per heavy atom. The lowest BCUT2D eigenvalue weighted by Gasteiger charge is -2.40. The van der Waals surface area contributed by atoms with Crippen LogP contribution in [0.4, 0.5) is 22.7 Å². The molecule has 0 unspecified atom stereocenters. The molecular formula is C20H26N4O3. The summed E-state index contributed by atoms with van der Waals surface area (Å²) in [7, 11) is 1.56. The van der Waals surface area contributed by atoms with E-state index < -0.39 is 0 Å². The zero-order chi connectivity index (χ0) is 19.2. The number of nitrogens with zero attached hydrogens (tertiary/aromatic N) is 2. The van der Waals surface area contributed by atoms with Gasteiger partial charge in [0.25, 0.3) is 0 Å². The Labute approximate surface area is 159 Å². The van der Waals surface area contributed by atoms with Crippen LogP contribution in [0.1, 0.15) is 20.3 Å². The fourth-order valence-corrected chi connectivity index (χ4v) is 2.89. The normalized spacial score (nSPS) is 13.8. The summed E-state index contributed by atoms with van der Waals surface area (Å²) in [6, 6.07) is 9.94. The van der Waals surface area contributed by atoms with E-state index in [1.807, 2.05) is 12.1 Å². The first kappa shape index (κ1) is 19.0. The maximum absolute atomic E-state index is 11.4. The van der Waals surface area contributed by atoms with Crippen molar-refractivity contribution in [2.24, 2.45) is 0 Å². The lowest BCUT2D eigenvalue weighted by molar-refractivity contribution is -0.114. The van der Waals surface area contributed by atoms with Gasteiger partial charge in [0.1, 0.15) is 0 Å². The molecule has 0 atom stereocenters. The fourth-order valence-electron chi connectivity index (χ4n) is 2.89. The highest BCUT2D eigenvalue weighted by Gasteiger charge is 2.27. The van der Waals surface area contributed by atoms with Crippen molar-refractivity contribution in [3.63, 3.8) is 0 Å². The summed E-state index contributed by atoms with van der Waals surface area (Å²) in [4.78, 5) is 17.8. The highest BCUT2D eigenvalue weighted by atomic mass is 16.5. The van der Waals surface area contributed by atoms with Crippen molar-refractivity contribution in [2.45, 2.75) is 26.4 Å². The number of amides is 1. The first-order chi connectivity index (χ1) is 13.1. The Hall–Kier alpha value is -2.80. The van der Waals surface area contributed by atoms with Crippen LogP contribution in [0.15, 0.2) is 36.5 Å². The van der Waals surface area contributed by atoms with Crippen LogP contribution < -0.4 is 20.3 Å². The molecule has 0 saturated carbocycles. The van der Waals surface area contributed by atoms with Crippen molar-refractivity contribution in [3.8, 4) is 5.88 Å². The maximum atomic E-state index is 11.4. The Balaban J connectivity index is 1.65. The number of rotatable bonds is 8. The van der Waals surface area contributed by atoms with Crippen LogP contribution in [-0.4, -0.2) is 43.8 Å². The van der Waals surface area contributed by atoms with Crippen LogP contribution in [0.3, 0.4) is 0 Å². The average Bonchev–Trinajstić information content (AvgIpc) is 2.63. The number of hydrogen-bond acceptors (Lipinski definition) is 6. The number of carbonyl (C=O) groups excluding carboxylic acids is 1. The van der Waals surface area contributed by atoms with E-state index in [0.29, 0.717) is 17.7 Å². The van der Waals surface area contributed by atoms with Gasteiger partial charge in [-0.25, -0.2) is 4.98 Å². The highest BCUT2D eigenvalue weighted by molar-refractivity contribution is 5.93. The molecule has 0 aliphatic carbocycles. The number of methoxy groups -OCH3 is 1. The molecule has 0 spiro atoms. The number of hydrogen-bond donors (Lipinski definition) is 2. The predicted octanol–water partition coefficient (Wildman–Crippen LogP) is 3.41. The Bertz CT molecular complexity index is 773. The molecule has 3 rings (SSSR count). The minimum Gasteiger partial charge on any atom is -0.481 e. The number of benzene rings is 1. The molecule has 27 heavy (non-hydrogen) atoms. The number of nitrogens with one attached hydrogen (secondary N) is 2. The Morgan fingerprint density at radius 3 is 2.63 bits per heavy atom. The summed E-state index contributed by atoms with van der Waals surface area (Å²) in [6.45, 7) is 6.28. The number of anilines is 4. The highest BCUT2D eigenvalue weighted by Crippen LogP contribution is 2.30. The summed E-state index contributed by atoms with van der Waals surface area (Å²) in [5.74, 6) is 0.319. The summed E-state index contributed by atoms with van der Waals surface area (Å²) in [6.07, 6.45) is 2.97. The molecule has 144 valence electrons. The van der Waals surface area contributed by atoms with Crippen molar-refractivity contribution in [2.75, 3.05) is 42.3 Å². The van der Waals surface area contributed by atoms with Crippen LogP contribution in [0.5, 0.6) is 5.88 Å². The molecule has 1 aromatic carbocycles. The van der Waals surface area contributed by atoms with Crippen molar-refractivity contribution < 1.29 is 14.3 Å². The third kappa shape index (κ3) is 4.89. The molecule has 1 aliphatic heterocycles. The number of ether oxygens (including phenoxy) is 2. The van der Waals surface area contributed by atoms with Gasteiger partial charge in [-0.3, -0.25) is 4.79 Å². The first-order valence-electron chi connectivity index (χ1n) is 9.14. The minimum absolute atomic E-state index is 0.155. The van der Waals surface area contributed by atoms with Crippen molar-refractivity contribution in [3.05, 3.63) is 36.5 Å². The smallest absolute Gasteiger partial charge is 0.221 e. The van der Waals surface area contributed by atoms with E-state index in [0.717, 1.165) is 37.5 Å². The third-order valence-electron chi connectivity index (χ3n) is 4.32. The Morgan fingerprint density at radius 1 is 1.26 bits per heavy atom. The number of aromatic nitrogens is 1. The zero-order valence-corrected chi connectivity index (χ0v) is 16.0. The van der Waals surface area contributed by atoms with Crippen LogP contribution in [0.2, 0.25) is 0 Å². The molecule has 0 bridgehead atoms. The molecule has 1 saturated heterocycles. The molecule has 2 N–H and O–H groups in total. The van der Waals surface area contributed by atoms with E-state index in [9.17, 15) is 4.79 Å². The van der Waals surface area contributed by atoms with Crippen molar-refractivity contribution in [1.82, 2.24) is 4.98 Å². The second-order valence-corrected chi connectivity index (χ2v) is 6.52. The molecule has 2 aromatic rings. The van der Waals surface area contributed by atoms with E-state index in [1.165, 1.54) is 12.6 Å². The summed E-state index contributed by atoms with van der Waals surface area (Å²) in [5.41, 5.74) is 3.41. The lowest BCUT2D eigenvalue weighted by atomic mass is 10.1. The fraction of sp³-hybridized carbons (Fsp3) is 0.400. The van der Waals surface area contributed by atoms with Crippen LogP contribution in [-0.2, 0) is 9.53 Å². The van der Waals surface area contributed by atoms with Crippen LogP contribution in [0, 0.1) is 0 Å². The predicted molar refractivity (Wildman–Crippen MR) is 107 cm³/mol. The van der Waals surface area contributed by atoms with E-state index in [1.54, 1.807) is 19.4 Å². The summed E-state index contributed by atoms with van der Waals surface area (Å²) < 4.78 is 10.9. The number of carbonyl (C=O) groups is 1. The molecule has 1 amide bonds. The van der Waals surface area contributed by atoms with Crippen LogP contribution in [0.25, 0.3) is 0 Å². The van der Waals surface area contributed by atoms with Gasteiger partial charge in [0.15, 0.2) is 0 Å². The average molecular weight is 370 g/mol. The minimum atomic E-state index is -0.155. The van der Waals surface area contributed by atoms with Gasteiger partial charge in [0.05, 0.1) is 30.8 Å². The molecule has 7 nitrogen and oxygen atoms in total. The lowest BCUT2D eigenvalue weighted by Crippen LogP contribution is -2.52. The van der Waals surface area contributed by atoms with Gasteiger partial charge in [-0.15, -0.1) is 0 Å². The molecule has 2 heterocycles. The summed E-state index contributed by atoms with van der Waals surface area (Å²) >= 11 is 0. The van der Waals surface area contributed by atoms with Gasteiger partial charge in [0, 0.05) is 44.1 Å². The van der Waals surface area contributed by atoms with Crippen molar-refractivity contribution in [1.29, 1.82) is 0 Å². The van der Waals surface area contributed by atoms with Gasteiger partial charge in [-0.05, 0) is 30.7 Å². The molecule has 1 fully saturated rings. The molecule has 0 radical (unpaired) electrons. The molecular weight excluding hydrogens is 344 g/mol. The van der Waals surface area contributed by atoms with E-state index in [4.69, 9.17) is 9.47 Å². The molecule has 1 aliphatic rings.